The summed E-state index contributed by atoms with van der Waals surface area (Å²) in [5.74, 6) is 0.603. The zero-order valence-corrected chi connectivity index (χ0v) is 27.0. The van der Waals surface area contributed by atoms with Crippen LogP contribution in [0.4, 0.5) is 0 Å². The average Bonchev–Trinajstić information content (AvgIpc) is 3.43. The van der Waals surface area contributed by atoms with Crippen molar-refractivity contribution in [1.29, 1.82) is 0 Å². The van der Waals surface area contributed by atoms with Gasteiger partial charge in [-0.15, -0.1) is 0 Å². The lowest BCUT2D eigenvalue weighted by Crippen LogP contribution is -2.41. The summed E-state index contributed by atoms with van der Waals surface area (Å²) in [6.07, 6.45) is 3.19. The quantitative estimate of drug-likeness (QED) is 0.165. The number of hydrogen-bond donors (Lipinski definition) is 3. The van der Waals surface area contributed by atoms with Crippen LogP contribution in [0.3, 0.4) is 0 Å². The molecule has 4 N–H and O–H groups in total. The molecular formula is C32H35ClN2O7S2. The van der Waals surface area contributed by atoms with E-state index in [9.17, 15) is 23.1 Å². The molecule has 0 aliphatic rings. The first kappa shape index (κ1) is 34.9. The molecule has 0 bridgehead atoms. The molecule has 0 radical (unpaired) electrons. The van der Waals surface area contributed by atoms with Crippen LogP contribution in [-0.2, 0) is 32.8 Å². The number of nitrogens with one attached hydrogen (secondary N) is 1. The van der Waals surface area contributed by atoms with Crippen molar-refractivity contribution in [2.24, 2.45) is 5.14 Å². The predicted octanol–water partition coefficient (Wildman–Crippen LogP) is 6.13. The third-order valence-electron chi connectivity index (χ3n) is 6.28. The molecule has 1 unspecified atom stereocenters. The molecule has 234 valence electrons. The molecule has 3 aromatic carbocycles. The van der Waals surface area contributed by atoms with Crippen molar-refractivity contribution in [2.75, 3.05) is 18.3 Å². The van der Waals surface area contributed by atoms with Gasteiger partial charge in [0.15, 0.2) is 0 Å². The van der Waals surface area contributed by atoms with Crippen LogP contribution in [0.1, 0.15) is 33.7 Å². The maximum atomic E-state index is 13.2. The molecule has 9 nitrogen and oxygen atoms in total. The number of benzene rings is 3. The first-order valence-electron chi connectivity index (χ1n) is 13.5. The zero-order valence-electron chi connectivity index (χ0n) is 24.6. The van der Waals surface area contributed by atoms with E-state index in [0.29, 0.717) is 35.1 Å². The minimum absolute atomic E-state index is 0.283. The fourth-order valence-corrected chi connectivity index (χ4v) is 4.80. The van der Waals surface area contributed by atoms with Crippen LogP contribution in [0, 0.1) is 6.92 Å². The molecule has 1 amide bonds. The van der Waals surface area contributed by atoms with Crippen LogP contribution < -0.4 is 10.5 Å². The van der Waals surface area contributed by atoms with Crippen molar-refractivity contribution < 1.29 is 32.3 Å². The number of thioether (sulfide) groups is 1. The molecule has 44 heavy (non-hydrogen) atoms. The smallest absolute Gasteiger partial charge is 0.326 e. The normalized spacial score (nSPS) is 11.8. The molecule has 0 fully saturated rings. The Morgan fingerprint density at radius 1 is 1.02 bits per heavy atom. The predicted molar refractivity (Wildman–Crippen MR) is 175 cm³/mol. The topological polar surface area (TPSA) is 149 Å². The molecule has 1 heterocycles. The van der Waals surface area contributed by atoms with Crippen LogP contribution in [-0.4, -0.2) is 49.7 Å². The van der Waals surface area contributed by atoms with Crippen molar-refractivity contribution >= 4 is 45.3 Å². The number of furan rings is 1. The summed E-state index contributed by atoms with van der Waals surface area (Å²) < 4.78 is 30.7. The Morgan fingerprint density at radius 3 is 2.34 bits per heavy atom. The number of carboxylic acids is 1. The maximum Gasteiger partial charge on any atom is 0.326 e. The summed E-state index contributed by atoms with van der Waals surface area (Å²) in [5, 5.41) is 17.3. The van der Waals surface area contributed by atoms with Crippen molar-refractivity contribution in [2.45, 2.75) is 32.6 Å². The van der Waals surface area contributed by atoms with Gasteiger partial charge in [-0.05, 0) is 96.1 Å². The number of carbonyl (C=O) groups is 2. The number of carboxylic acid groups (broad SMARTS) is 1. The summed E-state index contributed by atoms with van der Waals surface area (Å²) in [5.41, 5.74) is 4.87. The van der Waals surface area contributed by atoms with E-state index in [-0.39, 0.29) is 6.61 Å². The zero-order chi connectivity index (χ0) is 32.3. The van der Waals surface area contributed by atoms with Crippen molar-refractivity contribution in [1.82, 2.24) is 5.32 Å². The Bertz CT molecular complexity index is 1660. The third-order valence-corrected chi connectivity index (χ3v) is 7.18. The van der Waals surface area contributed by atoms with E-state index in [1.807, 2.05) is 86.0 Å². The second-order valence-corrected chi connectivity index (χ2v) is 13.0. The lowest BCUT2D eigenvalue weighted by molar-refractivity contribution is -0.139. The number of sulfonamides is 1. The lowest BCUT2D eigenvalue weighted by atomic mass is 9.93. The van der Waals surface area contributed by atoms with Gasteiger partial charge in [-0.2, -0.15) is 11.8 Å². The summed E-state index contributed by atoms with van der Waals surface area (Å²) >= 11 is 7.51. The number of aliphatic carboxylic acids is 1. The van der Waals surface area contributed by atoms with Gasteiger partial charge in [-0.3, -0.25) is 4.79 Å². The van der Waals surface area contributed by atoms with Crippen molar-refractivity contribution in [3.63, 3.8) is 0 Å². The number of nitrogens with two attached hydrogens (primary N) is 1. The Balaban J connectivity index is 0.000000978. The standard InChI is InChI=1S/C31H30ClNO5S.CH5NO2S/c1-20-5-3-4-6-25(20)27-17-21(7-13-26(27)30(34)33-28(31(35)36)15-16-39-2)18-37-19-24-12-14-29(38-24)22-8-10-23(32)11-9-22;1-5(2,3)4/h3-14,17,28H,15-16,18-19H2,1-2H3,(H,33,34)(H,35,36);1H3,(H2,2,3,4). The maximum absolute atomic E-state index is 13.2. The second-order valence-electron chi connectivity index (χ2n) is 9.94. The highest BCUT2D eigenvalue weighted by Gasteiger charge is 2.22. The number of ether oxygens (including phenoxy) is 1. The van der Waals surface area contributed by atoms with E-state index in [0.717, 1.165) is 39.8 Å². The van der Waals surface area contributed by atoms with Crippen LogP contribution in [0.5, 0.6) is 0 Å². The number of carbonyl (C=O) groups excluding carboxylic acids is 1. The van der Waals surface area contributed by atoms with E-state index in [2.05, 4.69) is 10.5 Å². The van der Waals surface area contributed by atoms with Gasteiger partial charge in [0, 0.05) is 16.1 Å². The van der Waals surface area contributed by atoms with E-state index in [4.69, 9.17) is 20.8 Å². The largest absolute Gasteiger partial charge is 0.480 e. The highest BCUT2D eigenvalue weighted by atomic mass is 35.5. The Kier molecular flexibility index (Phi) is 13.0. The monoisotopic (exact) mass is 658 g/mol. The number of amides is 1. The van der Waals surface area contributed by atoms with Gasteiger partial charge < -0.3 is 19.6 Å². The van der Waals surface area contributed by atoms with Crippen LogP contribution in [0.2, 0.25) is 5.02 Å². The number of rotatable bonds is 12. The molecule has 0 aliphatic carbocycles. The number of primary sulfonamides is 1. The van der Waals surface area contributed by atoms with Crippen molar-refractivity contribution in [3.8, 4) is 22.5 Å². The Labute approximate surface area is 266 Å². The minimum atomic E-state index is -3.17. The van der Waals surface area contributed by atoms with Crippen molar-refractivity contribution in [3.05, 3.63) is 106 Å². The molecule has 12 heteroatoms. The second kappa shape index (κ2) is 16.5. The van der Waals surface area contributed by atoms with E-state index in [1.54, 1.807) is 17.8 Å². The van der Waals surface area contributed by atoms with E-state index in [1.165, 1.54) is 0 Å². The van der Waals surface area contributed by atoms with Crippen LogP contribution >= 0.6 is 23.4 Å². The lowest BCUT2D eigenvalue weighted by Gasteiger charge is -2.17. The van der Waals surface area contributed by atoms with Gasteiger partial charge in [-0.25, -0.2) is 18.4 Å². The van der Waals surface area contributed by atoms with E-state index < -0.39 is 27.9 Å². The van der Waals surface area contributed by atoms with Gasteiger partial charge in [-0.1, -0.05) is 41.9 Å². The van der Waals surface area contributed by atoms with Gasteiger partial charge in [0.05, 0.1) is 12.9 Å². The molecule has 4 rings (SSSR count). The Hall–Kier alpha value is -3.61. The fourth-order valence-electron chi connectivity index (χ4n) is 4.20. The SMILES string of the molecule is CS(N)(=O)=O.CSCCC(NC(=O)c1ccc(COCc2ccc(-c3ccc(Cl)cc3)o2)cc1-c1ccccc1C)C(=O)O. The first-order chi connectivity index (χ1) is 20.9. The highest BCUT2D eigenvalue weighted by molar-refractivity contribution is 7.98. The molecule has 4 aromatic rings. The Morgan fingerprint density at radius 2 is 1.70 bits per heavy atom. The van der Waals surface area contributed by atoms with Gasteiger partial charge >= 0.3 is 5.97 Å². The minimum Gasteiger partial charge on any atom is -0.480 e. The molecule has 1 atom stereocenters. The molecule has 0 spiro atoms. The highest BCUT2D eigenvalue weighted by Crippen LogP contribution is 2.29. The summed E-state index contributed by atoms with van der Waals surface area (Å²) in [6.45, 7) is 2.57. The van der Waals surface area contributed by atoms with Gasteiger partial charge in [0.1, 0.15) is 24.2 Å². The average molecular weight is 659 g/mol. The fraction of sp³-hybridized carbons (Fsp3) is 0.250. The van der Waals surface area contributed by atoms with Gasteiger partial charge in [0.25, 0.3) is 5.91 Å². The van der Waals surface area contributed by atoms with Crippen LogP contribution in [0.15, 0.2) is 83.3 Å². The third kappa shape index (κ3) is 11.1. The summed E-state index contributed by atoms with van der Waals surface area (Å²) in [4.78, 5) is 25.0. The first-order valence-corrected chi connectivity index (χ1v) is 17.2. The molecule has 0 saturated carbocycles. The molecule has 0 saturated heterocycles. The number of halogens is 1. The molecular weight excluding hydrogens is 624 g/mol. The number of aryl methyl sites for hydroxylation is 1. The molecule has 1 aromatic heterocycles. The summed E-state index contributed by atoms with van der Waals surface area (Å²) in [7, 11) is -3.17. The van der Waals surface area contributed by atoms with Gasteiger partial charge in [0.2, 0.25) is 10.0 Å². The van der Waals surface area contributed by atoms with E-state index >= 15 is 0 Å². The number of hydrogen-bond acceptors (Lipinski definition) is 7. The summed E-state index contributed by atoms with van der Waals surface area (Å²) in [6, 6.07) is 23.5. The molecule has 0 aliphatic heterocycles. The van der Waals surface area contributed by atoms with Crippen LogP contribution in [0.25, 0.3) is 22.5 Å².